The molecular formula is C15H21N3O. The van der Waals surface area contributed by atoms with Gasteiger partial charge in [-0.25, -0.2) is 0 Å². The number of nitrogens with two attached hydrogens (primary N) is 1. The quantitative estimate of drug-likeness (QED) is 0.660. The van der Waals surface area contributed by atoms with Crippen molar-refractivity contribution in [2.75, 3.05) is 19.7 Å². The summed E-state index contributed by atoms with van der Waals surface area (Å²) < 4.78 is 0. The molecule has 4 heteroatoms. The summed E-state index contributed by atoms with van der Waals surface area (Å²) in [7, 11) is 0. The first-order chi connectivity index (χ1) is 9.36. The zero-order valence-corrected chi connectivity index (χ0v) is 11.0. The molecule has 0 spiro atoms. The van der Waals surface area contributed by atoms with E-state index in [1.807, 2.05) is 18.3 Å². The van der Waals surface area contributed by atoms with E-state index in [1.165, 1.54) is 0 Å². The van der Waals surface area contributed by atoms with Crippen molar-refractivity contribution in [1.82, 2.24) is 10.3 Å². The third kappa shape index (κ3) is 3.50. The predicted octanol–water partition coefficient (Wildman–Crippen LogP) is 1.60. The first-order valence-corrected chi connectivity index (χ1v) is 6.74. The number of hydrogen-bond acceptors (Lipinski definition) is 4. The average Bonchev–Trinajstić information content (AvgIpc) is 2.47. The maximum Gasteiger partial charge on any atom is 0.0750 e. The Morgan fingerprint density at radius 1 is 1.21 bits per heavy atom. The molecule has 0 saturated carbocycles. The van der Waals surface area contributed by atoms with Crippen LogP contribution in [0.3, 0.4) is 0 Å². The number of aliphatic hydroxyl groups is 1. The fraction of sp³-hybridized carbons (Fsp3) is 0.400. The topological polar surface area (TPSA) is 71.2 Å². The van der Waals surface area contributed by atoms with Gasteiger partial charge in [-0.05, 0) is 31.0 Å². The molecule has 0 aliphatic carbocycles. The number of unbranched alkanes of at least 4 members (excludes halogenated alkanes) is 1. The van der Waals surface area contributed by atoms with Crippen LogP contribution in [-0.4, -0.2) is 29.8 Å². The minimum absolute atomic E-state index is 0.109. The Labute approximate surface area is 113 Å². The lowest BCUT2D eigenvalue weighted by molar-refractivity contribution is 0.282. The van der Waals surface area contributed by atoms with E-state index in [0.717, 1.165) is 35.9 Å². The molecule has 4 N–H and O–H groups in total. The van der Waals surface area contributed by atoms with E-state index in [2.05, 4.69) is 28.5 Å². The van der Waals surface area contributed by atoms with Crippen LogP contribution >= 0.6 is 0 Å². The summed E-state index contributed by atoms with van der Waals surface area (Å²) in [6.45, 7) is 1.63. The Hall–Kier alpha value is -1.49. The second-order valence-electron chi connectivity index (χ2n) is 4.60. The summed E-state index contributed by atoms with van der Waals surface area (Å²) in [6, 6.07) is 10.3. The minimum Gasteiger partial charge on any atom is -0.396 e. The highest BCUT2D eigenvalue weighted by molar-refractivity contribution is 5.82. The van der Waals surface area contributed by atoms with Crippen molar-refractivity contribution in [1.29, 1.82) is 0 Å². The number of aliphatic hydroxyl groups excluding tert-OH is 1. The van der Waals surface area contributed by atoms with E-state index in [1.54, 1.807) is 0 Å². The normalized spacial score (nSPS) is 12.7. The molecule has 0 aliphatic rings. The number of fused-ring (bicyclic) bond motifs is 1. The molecule has 1 atom stereocenters. The molecule has 0 saturated heterocycles. The number of para-hydroxylation sites is 1. The molecule has 102 valence electrons. The molecule has 2 rings (SSSR count). The van der Waals surface area contributed by atoms with Crippen molar-refractivity contribution in [2.45, 2.75) is 18.9 Å². The van der Waals surface area contributed by atoms with Gasteiger partial charge in [0.05, 0.1) is 5.52 Å². The first kappa shape index (κ1) is 13.9. The van der Waals surface area contributed by atoms with E-state index >= 15 is 0 Å². The third-order valence-corrected chi connectivity index (χ3v) is 3.25. The standard InChI is InChI=1S/C15H21N3O/c16-11-14(17-8-1-2-10-19)13-7-3-5-12-6-4-9-18-15(12)13/h3-7,9,14,17,19H,1-2,8,10-11,16H2. The molecule has 1 heterocycles. The lowest BCUT2D eigenvalue weighted by atomic mass is 10.0. The first-order valence-electron chi connectivity index (χ1n) is 6.74. The summed E-state index contributed by atoms with van der Waals surface area (Å²) in [4.78, 5) is 4.46. The van der Waals surface area contributed by atoms with E-state index in [0.29, 0.717) is 6.54 Å². The van der Waals surface area contributed by atoms with Gasteiger partial charge in [-0.2, -0.15) is 0 Å². The van der Waals surface area contributed by atoms with E-state index in [-0.39, 0.29) is 12.6 Å². The smallest absolute Gasteiger partial charge is 0.0750 e. The van der Waals surface area contributed by atoms with Gasteiger partial charge in [0.25, 0.3) is 0 Å². The van der Waals surface area contributed by atoms with Gasteiger partial charge < -0.3 is 16.2 Å². The molecule has 0 amide bonds. The van der Waals surface area contributed by atoms with Crippen LogP contribution in [0, 0.1) is 0 Å². The van der Waals surface area contributed by atoms with Crippen LogP contribution in [-0.2, 0) is 0 Å². The molecule has 1 aromatic heterocycles. The van der Waals surface area contributed by atoms with Gasteiger partial charge in [-0.15, -0.1) is 0 Å². The van der Waals surface area contributed by atoms with Crippen molar-refractivity contribution in [3.05, 3.63) is 42.1 Å². The van der Waals surface area contributed by atoms with Crippen LogP contribution in [0.25, 0.3) is 10.9 Å². The van der Waals surface area contributed by atoms with Crippen LogP contribution in [0.5, 0.6) is 0 Å². The Bertz CT molecular complexity index is 510. The number of benzene rings is 1. The lowest BCUT2D eigenvalue weighted by Gasteiger charge is -2.18. The second kappa shape index (κ2) is 7.19. The summed E-state index contributed by atoms with van der Waals surface area (Å²) >= 11 is 0. The average molecular weight is 259 g/mol. The fourth-order valence-corrected chi connectivity index (χ4v) is 2.24. The largest absolute Gasteiger partial charge is 0.396 e. The van der Waals surface area contributed by atoms with Crippen LogP contribution < -0.4 is 11.1 Å². The van der Waals surface area contributed by atoms with Gasteiger partial charge in [0, 0.05) is 30.8 Å². The van der Waals surface area contributed by atoms with Gasteiger partial charge in [0.1, 0.15) is 0 Å². The Morgan fingerprint density at radius 3 is 2.84 bits per heavy atom. The number of aromatic nitrogens is 1. The fourth-order valence-electron chi connectivity index (χ4n) is 2.24. The third-order valence-electron chi connectivity index (χ3n) is 3.25. The maximum atomic E-state index is 8.78. The number of hydrogen-bond donors (Lipinski definition) is 3. The maximum absolute atomic E-state index is 8.78. The molecular weight excluding hydrogens is 238 g/mol. The second-order valence-corrected chi connectivity index (χ2v) is 4.60. The molecule has 2 aromatic rings. The Morgan fingerprint density at radius 2 is 2.05 bits per heavy atom. The van der Waals surface area contributed by atoms with Crippen LogP contribution in [0.4, 0.5) is 0 Å². The van der Waals surface area contributed by atoms with Crippen molar-refractivity contribution in [3.63, 3.8) is 0 Å². The highest BCUT2D eigenvalue weighted by Crippen LogP contribution is 2.21. The van der Waals surface area contributed by atoms with Gasteiger partial charge in [0.2, 0.25) is 0 Å². The molecule has 0 radical (unpaired) electrons. The van der Waals surface area contributed by atoms with Crippen LogP contribution in [0.1, 0.15) is 24.4 Å². The molecule has 1 unspecified atom stereocenters. The van der Waals surface area contributed by atoms with E-state index < -0.39 is 0 Å². The Balaban J connectivity index is 2.16. The monoisotopic (exact) mass is 259 g/mol. The lowest BCUT2D eigenvalue weighted by Crippen LogP contribution is -2.29. The van der Waals surface area contributed by atoms with E-state index in [9.17, 15) is 0 Å². The van der Waals surface area contributed by atoms with Gasteiger partial charge in [0.15, 0.2) is 0 Å². The summed E-state index contributed by atoms with van der Waals surface area (Å²) in [5.41, 5.74) is 8.02. The number of nitrogens with zero attached hydrogens (tertiary/aromatic N) is 1. The summed E-state index contributed by atoms with van der Waals surface area (Å²) in [5.74, 6) is 0. The van der Waals surface area contributed by atoms with Crippen LogP contribution in [0.2, 0.25) is 0 Å². The van der Waals surface area contributed by atoms with Gasteiger partial charge in [-0.1, -0.05) is 24.3 Å². The zero-order valence-electron chi connectivity index (χ0n) is 11.0. The van der Waals surface area contributed by atoms with Crippen molar-refractivity contribution in [3.8, 4) is 0 Å². The Kier molecular flexibility index (Phi) is 5.27. The number of rotatable bonds is 7. The van der Waals surface area contributed by atoms with Crippen molar-refractivity contribution in [2.24, 2.45) is 5.73 Å². The highest BCUT2D eigenvalue weighted by Gasteiger charge is 2.12. The van der Waals surface area contributed by atoms with Crippen molar-refractivity contribution < 1.29 is 5.11 Å². The molecule has 0 bridgehead atoms. The van der Waals surface area contributed by atoms with Gasteiger partial charge >= 0.3 is 0 Å². The van der Waals surface area contributed by atoms with E-state index in [4.69, 9.17) is 10.8 Å². The summed E-state index contributed by atoms with van der Waals surface area (Å²) in [6.07, 6.45) is 3.58. The zero-order chi connectivity index (χ0) is 13.5. The molecule has 0 aliphatic heterocycles. The van der Waals surface area contributed by atoms with Crippen LogP contribution in [0.15, 0.2) is 36.5 Å². The molecule has 0 fully saturated rings. The van der Waals surface area contributed by atoms with Crippen molar-refractivity contribution >= 4 is 10.9 Å². The predicted molar refractivity (Wildman–Crippen MR) is 77.9 cm³/mol. The molecule has 19 heavy (non-hydrogen) atoms. The number of nitrogens with one attached hydrogen (secondary N) is 1. The van der Waals surface area contributed by atoms with Gasteiger partial charge in [-0.3, -0.25) is 4.98 Å². The molecule has 1 aromatic carbocycles. The number of pyridine rings is 1. The minimum atomic E-state index is 0.109. The summed E-state index contributed by atoms with van der Waals surface area (Å²) in [5, 5.41) is 13.4. The SMILES string of the molecule is NCC(NCCCCO)c1cccc2cccnc12. The highest BCUT2D eigenvalue weighted by atomic mass is 16.2. The molecule has 4 nitrogen and oxygen atoms in total.